The molecule has 4 fully saturated rings. The zero-order valence-electron chi connectivity index (χ0n) is 19.6. The van der Waals surface area contributed by atoms with E-state index in [9.17, 15) is 22.9 Å². The first-order valence-electron chi connectivity index (χ1n) is 12.4. The number of aliphatic carboxylic acids is 1. The van der Waals surface area contributed by atoms with Crippen LogP contribution >= 0.6 is 0 Å². The van der Waals surface area contributed by atoms with E-state index in [2.05, 4.69) is 20.8 Å². The Morgan fingerprint density at radius 2 is 1.72 bits per heavy atom. The van der Waals surface area contributed by atoms with Gasteiger partial charge in [-0.3, -0.25) is 9.35 Å². The largest absolute Gasteiger partial charge is 0.481 e. The summed E-state index contributed by atoms with van der Waals surface area (Å²) in [5.41, 5.74) is 0.0780. The van der Waals surface area contributed by atoms with Gasteiger partial charge in [-0.15, -0.1) is 0 Å². The highest BCUT2D eigenvalue weighted by atomic mass is 32.3. The van der Waals surface area contributed by atoms with Crippen LogP contribution < -0.4 is 0 Å². The first-order chi connectivity index (χ1) is 14.8. The van der Waals surface area contributed by atoms with E-state index in [1.54, 1.807) is 0 Å². The first kappa shape index (κ1) is 24.4. The van der Waals surface area contributed by atoms with Crippen molar-refractivity contribution in [3.8, 4) is 0 Å². The van der Waals surface area contributed by atoms with Gasteiger partial charge in [-0.1, -0.05) is 20.8 Å². The minimum atomic E-state index is -4.57. The van der Waals surface area contributed by atoms with E-state index in [-0.39, 0.29) is 35.2 Å². The third kappa shape index (κ3) is 4.25. The third-order valence-corrected chi connectivity index (χ3v) is 10.9. The third-order valence-electron chi connectivity index (χ3n) is 10.5. The second kappa shape index (κ2) is 8.51. The molecule has 0 spiro atoms. The molecule has 2 unspecified atom stereocenters. The van der Waals surface area contributed by atoms with Crippen molar-refractivity contribution in [2.45, 2.75) is 97.2 Å². The predicted octanol–water partition coefficient (Wildman–Crippen LogP) is 4.31. The molecule has 4 aliphatic carbocycles. The number of carboxylic acid groups (broad SMARTS) is 1. The van der Waals surface area contributed by atoms with E-state index >= 15 is 0 Å². The number of rotatable bonds is 6. The number of aliphatic hydroxyl groups is 1. The van der Waals surface area contributed by atoms with Gasteiger partial charge in [0.25, 0.3) is 0 Å². The quantitative estimate of drug-likeness (QED) is 0.493. The van der Waals surface area contributed by atoms with Crippen molar-refractivity contribution < 1.29 is 32.2 Å². The lowest BCUT2D eigenvalue weighted by molar-refractivity contribution is -0.168. The summed E-state index contributed by atoms with van der Waals surface area (Å²) in [5, 5.41) is 19.4. The van der Waals surface area contributed by atoms with Crippen molar-refractivity contribution in [2.75, 3.05) is 0 Å². The number of aliphatic hydroxyl groups excluding tert-OH is 1. The topological polar surface area (TPSA) is 121 Å². The van der Waals surface area contributed by atoms with Crippen LogP contribution in [0.15, 0.2) is 0 Å². The summed E-state index contributed by atoms with van der Waals surface area (Å²) < 4.78 is 38.6. The van der Waals surface area contributed by atoms with Crippen molar-refractivity contribution in [1.29, 1.82) is 0 Å². The molecule has 4 rings (SSSR count). The molecular formula is C24H40O7S. The van der Waals surface area contributed by atoms with Crippen molar-refractivity contribution in [3.05, 3.63) is 0 Å². The molecule has 32 heavy (non-hydrogen) atoms. The van der Waals surface area contributed by atoms with Gasteiger partial charge in [0.05, 0.1) is 12.2 Å². The molecule has 10 atom stereocenters. The van der Waals surface area contributed by atoms with Gasteiger partial charge in [-0.2, -0.15) is 8.42 Å². The van der Waals surface area contributed by atoms with E-state index in [0.29, 0.717) is 42.9 Å². The van der Waals surface area contributed by atoms with Crippen molar-refractivity contribution in [1.82, 2.24) is 0 Å². The Morgan fingerprint density at radius 3 is 2.38 bits per heavy atom. The Hall–Kier alpha value is -0.700. The molecule has 3 N–H and O–H groups in total. The van der Waals surface area contributed by atoms with Crippen LogP contribution in [0.4, 0.5) is 0 Å². The Labute approximate surface area is 192 Å². The number of fused-ring (bicyclic) bond motifs is 5. The number of hydrogen-bond donors (Lipinski definition) is 3. The van der Waals surface area contributed by atoms with Gasteiger partial charge in [0, 0.05) is 6.42 Å². The van der Waals surface area contributed by atoms with E-state index in [1.165, 1.54) is 0 Å². The Balaban J connectivity index is 1.64. The maximum absolute atomic E-state index is 11.8. The minimum Gasteiger partial charge on any atom is -0.481 e. The molecule has 4 aliphatic rings. The molecule has 0 aromatic carbocycles. The van der Waals surface area contributed by atoms with Gasteiger partial charge in [-0.05, 0) is 104 Å². The summed E-state index contributed by atoms with van der Waals surface area (Å²) in [6, 6.07) is 0. The lowest BCUT2D eigenvalue weighted by atomic mass is 9.43. The Bertz CT molecular complexity index is 828. The monoisotopic (exact) mass is 472 g/mol. The summed E-state index contributed by atoms with van der Waals surface area (Å²) in [4.78, 5) is 11.1. The fraction of sp³-hybridized carbons (Fsp3) is 0.958. The molecule has 0 heterocycles. The highest BCUT2D eigenvalue weighted by molar-refractivity contribution is 7.80. The number of carbonyl (C=O) groups is 1. The molecule has 0 saturated heterocycles. The van der Waals surface area contributed by atoms with Crippen LogP contribution in [0.3, 0.4) is 0 Å². The van der Waals surface area contributed by atoms with Crippen molar-refractivity contribution in [2.24, 2.45) is 46.3 Å². The van der Waals surface area contributed by atoms with E-state index in [4.69, 9.17) is 9.29 Å². The fourth-order valence-electron chi connectivity index (χ4n) is 8.96. The van der Waals surface area contributed by atoms with Crippen LogP contribution in [-0.2, 0) is 19.4 Å². The molecule has 7 nitrogen and oxygen atoms in total. The van der Waals surface area contributed by atoms with Crippen LogP contribution in [0.2, 0.25) is 0 Å². The van der Waals surface area contributed by atoms with Crippen molar-refractivity contribution in [3.63, 3.8) is 0 Å². The molecule has 0 aromatic heterocycles. The molecule has 0 radical (unpaired) electrons. The van der Waals surface area contributed by atoms with E-state index < -0.39 is 22.5 Å². The van der Waals surface area contributed by atoms with Gasteiger partial charge in [0.2, 0.25) is 0 Å². The Morgan fingerprint density at radius 1 is 1.06 bits per heavy atom. The number of carboxylic acids is 1. The minimum absolute atomic E-state index is 0.0251. The maximum atomic E-state index is 11.8. The summed E-state index contributed by atoms with van der Waals surface area (Å²) in [5.74, 6) is 0.821. The lowest BCUT2D eigenvalue weighted by Crippen LogP contribution is -2.59. The maximum Gasteiger partial charge on any atom is 0.397 e. The second-order valence-corrected chi connectivity index (χ2v) is 12.9. The van der Waals surface area contributed by atoms with E-state index in [0.717, 1.165) is 38.5 Å². The summed E-state index contributed by atoms with van der Waals surface area (Å²) >= 11 is 0. The molecular weight excluding hydrogens is 432 g/mol. The van der Waals surface area contributed by atoms with E-state index in [1.807, 2.05) is 0 Å². The average Bonchev–Trinajstić information content (AvgIpc) is 3.03. The van der Waals surface area contributed by atoms with Gasteiger partial charge in [0.15, 0.2) is 0 Å². The van der Waals surface area contributed by atoms with Crippen LogP contribution in [0.1, 0.15) is 85.0 Å². The lowest BCUT2D eigenvalue weighted by Gasteiger charge is -2.62. The van der Waals surface area contributed by atoms with Gasteiger partial charge >= 0.3 is 16.4 Å². The first-order valence-corrected chi connectivity index (χ1v) is 13.8. The average molecular weight is 473 g/mol. The molecule has 0 amide bonds. The molecule has 8 heteroatoms. The van der Waals surface area contributed by atoms with Crippen LogP contribution in [0.25, 0.3) is 0 Å². The highest BCUT2D eigenvalue weighted by Gasteiger charge is 2.63. The summed E-state index contributed by atoms with van der Waals surface area (Å²) in [7, 11) is -4.57. The van der Waals surface area contributed by atoms with Gasteiger partial charge in [0.1, 0.15) is 0 Å². The second-order valence-electron chi connectivity index (χ2n) is 11.9. The molecule has 0 aromatic rings. The standard InChI is InChI=1S/C24H40O7S/c1-14(4-7-21(26)27)17-5-6-18-22-19(9-11-24(17,18)3)23(2)10-8-16(25)12-15(23)13-20(22)31-32(28,29)30/h14-20,22,25H,4-13H2,1-3H3,(H,26,27)(H,28,29,30)/t14-,15+,16-,17-,18+,19+,20?,22?,23+,24-/m1/s1. The van der Waals surface area contributed by atoms with Crippen LogP contribution in [-0.4, -0.2) is 41.4 Å². The normalized spacial score (nSPS) is 47.2. The fourth-order valence-corrected chi connectivity index (χ4v) is 9.48. The molecule has 184 valence electrons. The molecule has 0 aliphatic heterocycles. The molecule has 4 saturated carbocycles. The Kier molecular flexibility index (Phi) is 6.49. The van der Waals surface area contributed by atoms with Crippen LogP contribution in [0.5, 0.6) is 0 Å². The SMILES string of the molecule is C[C@H](CCC(=O)O)[C@H]1CC[C@H]2C3C(OS(=O)(=O)O)C[C@@H]4C[C@H](O)CC[C@]4(C)[C@H]3CC[C@]12C. The van der Waals surface area contributed by atoms with Crippen LogP contribution in [0, 0.1) is 46.3 Å². The zero-order chi connectivity index (χ0) is 23.5. The smallest absolute Gasteiger partial charge is 0.397 e. The predicted molar refractivity (Wildman–Crippen MR) is 119 cm³/mol. The number of hydrogen-bond acceptors (Lipinski definition) is 5. The summed E-state index contributed by atoms with van der Waals surface area (Å²) in [6.45, 7) is 6.82. The highest BCUT2D eigenvalue weighted by Crippen LogP contribution is 2.68. The van der Waals surface area contributed by atoms with Gasteiger partial charge < -0.3 is 10.2 Å². The molecule has 0 bridgehead atoms. The zero-order valence-corrected chi connectivity index (χ0v) is 20.4. The van der Waals surface area contributed by atoms with Gasteiger partial charge in [-0.25, -0.2) is 4.18 Å². The van der Waals surface area contributed by atoms with Crippen molar-refractivity contribution >= 4 is 16.4 Å². The summed E-state index contributed by atoms with van der Waals surface area (Å²) in [6.07, 6.45) is 6.97.